The normalized spacial score (nSPS) is 16.5. The Labute approximate surface area is 79.2 Å². The Balaban J connectivity index is 2.17. The molecule has 0 aliphatic carbocycles. The third-order valence-electron chi connectivity index (χ3n) is 2.11. The molecular formula is C10H17NO2. The van der Waals surface area contributed by atoms with Crippen LogP contribution < -0.4 is 5.32 Å². The van der Waals surface area contributed by atoms with Gasteiger partial charge in [0.1, 0.15) is 0 Å². The van der Waals surface area contributed by atoms with E-state index in [9.17, 15) is 4.79 Å². The molecule has 0 aromatic heterocycles. The lowest BCUT2D eigenvalue weighted by molar-refractivity contribution is -0.143. The summed E-state index contributed by atoms with van der Waals surface area (Å²) in [6, 6.07) is 0. The Hall–Kier alpha value is -0.830. The molecule has 0 saturated carbocycles. The molecule has 1 aliphatic rings. The topological polar surface area (TPSA) is 38.3 Å². The predicted molar refractivity (Wildman–Crippen MR) is 51.4 cm³/mol. The highest BCUT2D eigenvalue weighted by Gasteiger charge is 2.06. The van der Waals surface area contributed by atoms with Crippen LogP contribution in [-0.4, -0.2) is 25.7 Å². The molecule has 0 aromatic carbocycles. The number of nitrogens with one attached hydrogen (secondary N) is 1. The van der Waals surface area contributed by atoms with Gasteiger partial charge in [-0.3, -0.25) is 4.79 Å². The summed E-state index contributed by atoms with van der Waals surface area (Å²) in [5, 5.41) is 3.23. The third kappa shape index (κ3) is 4.08. The zero-order valence-corrected chi connectivity index (χ0v) is 8.14. The Morgan fingerprint density at radius 1 is 1.69 bits per heavy atom. The van der Waals surface area contributed by atoms with Crippen molar-refractivity contribution >= 4 is 5.97 Å². The van der Waals surface area contributed by atoms with Gasteiger partial charge in [-0.2, -0.15) is 0 Å². The van der Waals surface area contributed by atoms with Crippen molar-refractivity contribution in [2.75, 3.05) is 19.7 Å². The average Bonchev–Trinajstić information content (AvgIpc) is 2.17. The van der Waals surface area contributed by atoms with Crippen molar-refractivity contribution in [2.45, 2.75) is 26.2 Å². The number of carbonyl (C=O) groups excluding carboxylic acids is 1. The molecule has 0 radical (unpaired) electrons. The van der Waals surface area contributed by atoms with Gasteiger partial charge in [0.25, 0.3) is 0 Å². The first-order valence-corrected chi connectivity index (χ1v) is 4.87. The van der Waals surface area contributed by atoms with Crippen LogP contribution in [0.3, 0.4) is 0 Å². The van der Waals surface area contributed by atoms with Crippen molar-refractivity contribution in [1.29, 1.82) is 0 Å². The molecule has 1 N–H and O–H groups in total. The second-order valence-electron chi connectivity index (χ2n) is 3.12. The fourth-order valence-electron chi connectivity index (χ4n) is 1.39. The van der Waals surface area contributed by atoms with Gasteiger partial charge in [0.05, 0.1) is 6.61 Å². The van der Waals surface area contributed by atoms with E-state index in [1.165, 1.54) is 5.57 Å². The molecule has 1 aliphatic heterocycles. The van der Waals surface area contributed by atoms with Gasteiger partial charge in [0.15, 0.2) is 0 Å². The average molecular weight is 183 g/mol. The first kappa shape index (κ1) is 10.3. The molecule has 0 saturated heterocycles. The SMILES string of the molecule is CCOC(=O)CCC1=CCNCC1. The van der Waals surface area contributed by atoms with Gasteiger partial charge >= 0.3 is 5.97 Å². The highest BCUT2D eigenvalue weighted by atomic mass is 16.5. The maximum Gasteiger partial charge on any atom is 0.306 e. The van der Waals surface area contributed by atoms with Crippen LogP contribution >= 0.6 is 0 Å². The van der Waals surface area contributed by atoms with Crippen molar-refractivity contribution < 1.29 is 9.53 Å². The molecule has 0 fully saturated rings. The summed E-state index contributed by atoms with van der Waals surface area (Å²) in [4.78, 5) is 11.0. The first-order valence-electron chi connectivity index (χ1n) is 4.87. The lowest BCUT2D eigenvalue weighted by Gasteiger charge is -2.13. The molecule has 13 heavy (non-hydrogen) atoms. The molecular weight excluding hydrogens is 166 g/mol. The van der Waals surface area contributed by atoms with Gasteiger partial charge in [-0.05, 0) is 26.3 Å². The molecule has 0 amide bonds. The van der Waals surface area contributed by atoms with E-state index < -0.39 is 0 Å². The lowest BCUT2D eigenvalue weighted by atomic mass is 10.0. The van der Waals surface area contributed by atoms with Crippen LogP contribution in [-0.2, 0) is 9.53 Å². The molecule has 0 spiro atoms. The van der Waals surface area contributed by atoms with Crippen molar-refractivity contribution in [3.05, 3.63) is 11.6 Å². The van der Waals surface area contributed by atoms with Gasteiger partial charge in [0, 0.05) is 13.0 Å². The minimum atomic E-state index is -0.0815. The second kappa shape index (κ2) is 5.75. The van der Waals surface area contributed by atoms with E-state index in [4.69, 9.17) is 4.74 Å². The van der Waals surface area contributed by atoms with Crippen LogP contribution in [0.2, 0.25) is 0 Å². The molecule has 3 nitrogen and oxygen atoms in total. The van der Waals surface area contributed by atoms with E-state index in [2.05, 4.69) is 11.4 Å². The Morgan fingerprint density at radius 2 is 2.54 bits per heavy atom. The largest absolute Gasteiger partial charge is 0.466 e. The summed E-state index contributed by atoms with van der Waals surface area (Å²) in [5.41, 5.74) is 1.38. The summed E-state index contributed by atoms with van der Waals surface area (Å²) >= 11 is 0. The van der Waals surface area contributed by atoms with Crippen molar-refractivity contribution in [3.63, 3.8) is 0 Å². The van der Waals surface area contributed by atoms with E-state index in [0.29, 0.717) is 13.0 Å². The Bertz CT molecular complexity index is 199. The summed E-state index contributed by atoms with van der Waals surface area (Å²) in [6.07, 6.45) is 4.63. The van der Waals surface area contributed by atoms with Crippen molar-refractivity contribution in [3.8, 4) is 0 Å². The fraction of sp³-hybridized carbons (Fsp3) is 0.700. The standard InChI is InChI=1S/C10H17NO2/c1-2-13-10(12)4-3-9-5-7-11-8-6-9/h5,11H,2-4,6-8H2,1H3. The zero-order valence-electron chi connectivity index (χ0n) is 8.14. The van der Waals surface area contributed by atoms with Crippen LogP contribution in [0.4, 0.5) is 0 Å². The molecule has 0 aromatic rings. The van der Waals surface area contributed by atoms with E-state index in [1.807, 2.05) is 6.92 Å². The summed E-state index contributed by atoms with van der Waals surface area (Å²) in [5.74, 6) is -0.0815. The van der Waals surface area contributed by atoms with Crippen molar-refractivity contribution in [1.82, 2.24) is 5.32 Å². The number of carbonyl (C=O) groups is 1. The number of hydrogen-bond donors (Lipinski definition) is 1. The quantitative estimate of drug-likeness (QED) is 0.526. The fourth-order valence-corrected chi connectivity index (χ4v) is 1.39. The molecule has 3 heteroatoms. The lowest BCUT2D eigenvalue weighted by Crippen LogP contribution is -2.20. The smallest absolute Gasteiger partial charge is 0.306 e. The van der Waals surface area contributed by atoms with Gasteiger partial charge in [-0.25, -0.2) is 0 Å². The van der Waals surface area contributed by atoms with E-state index >= 15 is 0 Å². The predicted octanol–water partition coefficient (Wildman–Crippen LogP) is 1.25. The maximum atomic E-state index is 11.0. The van der Waals surface area contributed by atoms with Crippen LogP contribution in [0, 0.1) is 0 Å². The third-order valence-corrected chi connectivity index (χ3v) is 2.11. The Morgan fingerprint density at radius 3 is 3.15 bits per heavy atom. The van der Waals surface area contributed by atoms with Gasteiger partial charge < -0.3 is 10.1 Å². The molecule has 0 unspecified atom stereocenters. The summed E-state index contributed by atoms with van der Waals surface area (Å²) < 4.78 is 4.85. The number of esters is 1. The highest BCUT2D eigenvalue weighted by Crippen LogP contribution is 2.11. The molecule has 74 valence electrons. The molecule has 0 bridgehead atoms. The van der Waals surface area contributed by atoms with E-state index in [1.54, 1.807) is 0 Å². The monoisotopic (exact) mass is 183 g/mol. The van der Waals surface area contributed by atoms with Gasteiger partial charge in [-0.1, -0.05) is 11.6 Å². The van der Waals surface area contributed by atoms with Gasteiger partial charge in [-0.15, -0.1) is 0 Å². The molecule has 0 atom stereocenters. The van der Waals surface area contributed by atoms with Gasteiger partial charge in [0.2, 0.25) is 0 Å². The van der Waals surface area contributed by atoms with Crippen LogP contribution in [0.5, 0.6) is 0 Å². The highest BCUT2D eigenvalue weighted by molar-refractivity contribution is 5.69. The molecule has 1 heterocycles. The number of ether oxygens (including phenoxy) is 1. The van der Waals surface area contributed by atoms with Crippen LogP contribution in [0.1, 0.15) is 26.2 Å². The minimum Gasteiger partial charge on any atom is -0.466 e. The summed E-state index contributed by atoms with van der Waals surface area (Å²) in [6.45, 7) is 4.30. The summed E-state index contributed by atoms with van der Waals surface area (Å²) in [7, 11) is 0. The van der Waals surface area contributed by atoms with E-state index in [0.717, 1.165) is 25.9 Å². The van der Waals surface area contributed by atoms with E-state index in [-0.39, 0.29) is 5.97 Å². The van der Waals surface area contributed by atoms with Crippen molar-refractivity contribution in [2.24, 2.45) is 0 Å². The maximum absolute atomic E-state index is 11.0. The molecule has 1 rings (SSSR count). The number of rotatable bonds is 4. The van der Waals surface area contributed by atoms with Crippen LogP contribution in [0.15, 0.2) is 11.6 Å². The second-order valence-corrected chi connectivity index (χ2v) is 3.12. The zero-order chi connectivity index (χ0) is 9.52. The Kier molecular flexibility index (Phi) is 4.54. The van der Waals surface area contributed by atoms with Crippen LogP contribution in [0.25, 0.3) is 0 Å². The minimum absolute atomic E-state index is 0.0815. The number of hydrogen-bond acceptors (Lipinski definition) is 3. The first-order chi connectivity index (χ1) is 6.33.